The number of oxime groups is 1. The van der Waals surface area contributed by atoms with Crippen molar-refractivity contribution in [2.45, 2.75) is 36.1 Å². The Morgan fingerprint density at radius 1 is 1.20 bits per heavy atom. The molecule has 0 bridgehead atoms. The van der Waals surface area contributed by atoms with Gasteiger partial charge < -0.3 is 35.9 Å². The van der Waals surface area contributed by atoms with E-state index in [1.54, 1.807) is 0 Å². The third-order valence-corrected chi connectivity index (χ3v) is 11.5. The number of Topliss-reactive ketones (excluding diaryl/α,β-unsaturated/α-hetero) is 2. The number of β-lactam (4-membered cyclic amide) rings is 1. The van der Waals surface area contributed by atoms with Gasteiger partial charge in [-0.3, -0.25) is 29.5 Å². The second kappa shape index (κ2) is 13.2. The number of ketones is 2. The number of aromatic nitrogens is 1. The quantitative estimate of drug-likeness (QED) is 0.0436. The van der Waals surface area contributed by atoms with E-state index in [9.17, 15) is 54.0 Å². The lowest BCUT2D eigenvalue weighted by molar-refractivity contribution is -0.161. The van der Waals surface area contributed by atoms with Gasteiger partial charge in [0.05, 0.1) is 35.0 Å². The number of hydrogen-bond donors (Lipinski definition) is 6. The molecule has 50 heavy (non-hydrogen) atoms. The number of fused-ring (bicyclic) bond motifs is 1. The number of thiazole rings is 1. The Hall–Kier alpha value is -4.67. The number of carbonyl (C=O) groups excluding carboxylic acids is 5. The number of nitrogens with two attached hydrogens (primary N) is 1. The summed E-state index contributed by atoms with van der Waals surface area (Å²) in [5, 5.41) is 42.1. The van der Waals surface area contributed by atoms with Gasteiger partial charge in [-0.1, -0.05) is 39.9 Å². The first kappa shape index (κ1) is 36.6. The molecule has 0 spiro atoms. The van der Waals surface area contributed by atoms with E-state index in [2.05, 4.69) is 31.5 Å². The van der Waals surface area contributed by atoms with E-state index in [-0.39, 0.29) is 27.7 Å². The van der Waals surface area contributed by atoms with E-state index in [1.165, 1.54) is 18.7 Å². The zero-order valence-electron chi connectivity index (χ0n) is 25.6. The SMILES string of the molecule is CC(C)(O/N=C(\C(=O)C[C@@H]1C(=O)N2C[C@@](C(=O)O)(N3CCN(NC(=O)C(=O)c4ccc(O)c(O)c4Cl)C3=O)S[C@H]12)c1nc(N)sc1Br)C(=O)O. The van der Waals surface area contributed by atoms with E-state index in [4.69, 9.17) is 22.2 Å². The molecule has 0 unspecified atom stereocenters. The fourth-order valence-electron chi connectivity index (χ4n) is 5.13. The van der Waals surface area contributed by atoms with Crippen LogP contribution in [0.1, 0.15) is 36.3 Å². The highest BCUT2D eigenvalue weighted by Crippen LogP contribution is 2.53. The van der Waals surface area contributed by atoms with Crippen LogP contribution >= 0.6 is 50.6 Å². The van der Waals surface area contributed by atoms with Crippen LogP contribution in [-0.2, 0) is 28.8 Å². The largest absolute Gasteiger partial charge is 0.504 e. The molecule has 23 heteroatoms. The highest BCUT2D eigenvalue weighted by molar-refractivity contribution is 9.11. The number of amides is 4. The molecule has 1 aromatic carbocycles. The maximum atomic E-state index is 13.6. The molecule has 5 rings (SSSR count). The van der Waals surface area contributed by atoms with Gasteiger partial charge in [-0.05, 0) is 41.9 Å². The van der Waals surface area contributed by atoms with Gasteiger partial charge in [0.1, 0.15) is 9.48 Å². The highest BCUT2D eigenvalue weighted by Gasteiger charge is 2.66. The van der Waals surface area contributed by atoms with Crippen molar-refractivity contribution in [1.82, 2.24) is 25.2 Å². The fourth-order valence-corrected chi connectivity index (χ4v) is 8.41. The number of hydrazine groups is 1. The molecular formula is C27H25BrClN7O12S2. The number of carbonyl (C=O) groups is 7. The zero-order chi connectivity index (χ0) is 37.0. The average molecular weight is 819 g/mol. The Labute approximate surface area is 302 Å². The van der Waals surface area contributed by atoms with Crippen LogP contribution in [0.25, 0.3) is 0 Å². The Morgan fingerprint density at radius 2 is 1.88 bits per heavy atom. The van der Waals surface area contributed by atoms with Crippen molar-refractivity contribution >= 4 is 103 Å². The van der Waals surface area contributed by atoms with Crippen molar-refractivity contribution in [3.63, 3.8) is 0 Å². The lowest BCUT2D eigenvalue weighted by atomic mass is 9.90. The molecule has 0 aliphatic carbocycles. The second-order valence-corrected chi connectivity index (χ2v) is 15.6. The number of thioether (sulfide) groups is 1. The van der Waals surface area contributed by atoms with Crippen molar-refractivity contribution in [2.24, 2.45) is 11.1 Å². The standard InChI is InChI=1S/C27H25BrClN7O12S2/c1-26(2,22(43)44)48-33-14(15-18(28)49-24(30)31-15)12(38)7-10-20(42)34-8-27(23(45)46,50-21(10)34)35-5-6-36(25(35)47)32-19(41)16(39)9-3-4-11(37)17(40)13(9)29/h3-4,10,21,37,40H,5-8H2,1-2H3,(H2,30,31)(H,32,41)(H,43,44)(H,45,46)/b33-14+/t10-,21-,27-/m1/s1. The monoisotopic (exact) mass is 817 g/mol. The molecule has 19 nitrogen and oxygen atoms in total. The summed E-state index contributed by atoms with van der Waals surface area (Å²) in [5.74, 6) is -9.45. The number of hydrogen-bond acceptors (Lipinski definition) is 15. The molecule has 3 atom stereocenters. The fraction of sp³-hybridized carbons (Fsp3) is 0.370. The molecule has 1 aromatic heterocycles. The van der Waals surface area contributed by atoms with Gasteiger partial charge in [-0.25, -0.2) is 24.4 Å². The minimum Gasteiger partial charge on any atom is -0.504 e. The summed E-state index contributed by atoms with van der Waals surface area (Å²) in [6.07, 6.45) is -0.518. The van der Waals surface area contributed by atoms with E-state index >= 15 is 0 Å². The first-order valence-corrected chi connectivity index (χ1v) is 17.0. The smallest absolute Gasteiger partial charge is 0.350 e. The van der Waals surface area contributed by atoms with Crippen LogP contribution in [0.5, 0.6) is 11.5 Å². The molecular weight excluding hydrogens is 794 g/mol. The first-order chi connectivity index (χ1) is 23.3. The number of halogens is 2. The number of nitrogens with one attached hydrogen (secondary N) is 1. The Bertz CT molecular complexity index is 1910. The third-order valence-electron chi connectivity index (χ3n) is 7.89. The van der Waals surface area contributed by atoms with E-state index in [0.29, 0.717) is 5.01 Å². The van der Waals surface area contributed by atoms with E-state index in [1.807, 2.05) is 0 Å². The third kappa shape index (κ3) is 6.26. The van der Waals surface area contributed by atoms with Crippen LogP contribution < -0.4 is 11.2 Å². The molecule has 4 heterocycles. The first-order valence-electron chi connectivity index (χ1n) is 14.1. The number of urea groups is 1. The molecule has 3 aliphatic heterocycles. The molecule has 4 amide bonds. The van der Waals surface area contributed by atoms with Gasteiger partial charge in [-0.15, -0.1) is 0 Å². The summed E-state index contributed by atoms with van der Waals surface area (Å²) in [5.41, 5.74) is 5.02. The summed E-state index contributed by atoms with van der Waals surface area (Å²) in [6.45, 7) is 1.40. The molecule has 3 fully saturated rings. The van der Waals surface area contributed by atoms with Gasteiger partial charge in [0.2, 0.25) is 16.4 Å². The molecule has 2 aromatic rings. The summed E-state index contributed by atoms with van der Waals surface area (Å²) in [4.78, 5) is 99.2. The maximum Gasteiger partial charge on any atom is 0.350 e. The number of nitrogens with zero attached hydrogens (tertiary/aromatic N) is 5. The van der Waals surface area contributed by atoms with E-state index < -0.39 is 104 Å². The van der Waals surface area contributed by atoms with Crippen molar-refractivity contribution < 1.29 is 58.8 Å². The lowest BCUT2D eigenvalue weighted by Crippen LogP contribution is -2.60. The van der Waals surface area contributed by atoms with Gasteiger partial charge in [0.25, 0.3) is 5.78 Å². The van der Waals surface area contributed by atoms with E-state index in [0.717, 1.165) is 40.1 Å². The van der Waals surface area contributed by atoms with Crippen molar-refractivity contribution in [1.29, 1.82) is 0 Å². The topological polar surface area (TPSA) is 283 Å². The zero-order valence-corrected chi connectivity index (χ0v) is 29.6. The minimum atomic E-state index is -2.05. The molecule has 0 saturated carbocycles. The van der Waals surface area contributed by atoms with Crippen molar-refractivity contribution in [3.8, 4) is 11.5 Å². The highest BCUT2D eigenvalue weighted by atomic mass is 79.9. The number of carboxylic acid groups (broad SMARTS) is 2. The average Bonchev–Trinajstić information content (AvgIpc) is 3.71. The van der Waals surface area contributed by atoms with Crippen LogP contribution in [0.2, 0.25) is 5.02 Å². The predicted molar refractivity (Wildman–Crippen MR) is 176 cm³/mol. The number of carboxylic acids is 2. The molecule has 266 valence electrons. The van der Waals surface area contributed by atoms with Crippen LogP contribution in [0.15, 0.2) is 21.1 Å². The number of anilines is 1. The van der Waals surface area contributed by atoms with Crippen LogP contribution in [0.4, 0.5) is 9.93 Å². The van der Waals surface area contributed by atoms with Crippen molar-refractivity contribution in [3.05, 3.63) is 32.2 Å². The lowest BCUT2D eigenvalue weighted by Gasteiger charge is -2.40. The van der Waals surface area contributed by atoms with Crippen molar-refractivity contribution in [2.75, 3.05) is 25.4 Å². The predicted octanol–water partition coefficient (Wildman–Crippen LogP) is 1.06. The molecule has 3 aliphatic rings. The normalized spacial score (nSPS) is 21.9. The number of rotatable bonds is 12. The van der Waals surface area contributed by atoms with Crippen LogP contribution in [0.3, 0.4) is 0 Å². The number of benzene rings is 1. The molecule has 3 saturated heterocycles. The summed E-state index contributed by atoms with van der Waals surface area (Å²) >= 11 is 10.8. The van der Waals surface area contributed by atoms with Crippen LogP contribution in [-0.4, -0.2) is 123 Å². The maximum absolute atomic E-state index is 13.6. The Balaban J connectivity index is 1.32. The number of nitrogen functional groups attached to an aromatic ring is 1. The van der Waals surface area contributed by atoms with Gasteiger partial charge >= 0.3 is 23.9 Å². The second-order valence-electron chi connectivity index (χ2n) is 11.5. The number of aliphatic carboxylic acids is 2. The number of phenols is 2. The molecule has 0 radical (unpaired) electrons. The Kier molecular flexibility index (Phi) is 9.68. The minimum absolute atomic E-state index is 0.0432. The van der Waals surface area contributed by atoms with Gasteiger partial charge in [0, 0.05) is 13.0 Å². The number of phenolic OH excluding ortho intramolecular Hbond substituents is 2. The summed E-state index contributed by atoms with van der Waals surface area (Å²) in [6, 6.07) is 0.902. The van der Waals surface area contributed by atoms with Gasteiger partial charge in [0.15, 0.2) is 28.1 Å². The van der Waals surface area contributed by atoms with Crippen LogP contribution in [0, 0.1) is 5.92 Å². The summed E-state index contributed by atoms with van der Waals surface area (Å²) < 4.78 is 0.274. The summed E-state index contributed by atoms with van der Waals surface area (Å²) in [7, 11) is 0. The van der Waals surface area contributed by atoms with Gasteiger partial charge in [-0.2, -0.15) is 0 Å². The molecule has 7 N–H and O–H groups in total. The Morgan fingerprint density at radius 3 is 2.48 bits per heavy atom. The number of aromatic hydroxyl groups is 2.